The van der Waals surface area contributed by atoms with Gasteiger partial charge in [-0.25, -0.2) is 0 Å². The van der Waals surface area contributed by atoms with Crippen LogP contribution in [0.25, 0.3) is 22.8 Å². The molecule has 122 valence electrons. The van der Waals surface area contributed by atoms with Gasteiger partial charge in [-0.05, 0) is 54.7 Å². The monoisotopic (exact) mass is 321 g/mol. The lowest BCUT2D eigenvalue weighted by Gasteiger charge is -2.04. The molecule has 2 aromatic carbocycles. The molecule has 3 aromatic rings. The second-order valence-electron chi connectivity index (χ2n) is 6.26. The summed E-state index contributed by atoms with van der Waals surface area (Å²) in [6.07, 6.45) is 1.84. The Morgan fingerprint density at radius 1 is 1.08 bits per heavy atom. The molecular weight excluding hydrogens is 302 g/mol. The van der Waals surface area contributed by atoms with E-state index < -0.39 is 0 Å². The van der Waals surface area contributed by atoms with E-state index >= 15 is 0 Å². The Balaban J connectivity index is 1.67. The minimum atomic E-state index is 0.216. The molecule has 5 heteroatoms. The summed E-state index contributed by atoms with van der Waals surface area (Å²) in [5.74, 6) is 1.89. The number of nitrogens with two attached hydrogens (primary N) is 1. The summed E-state index contributed by atoms with van der Waals surface area (Å²) < 4.78 is 10.8. The maximum absolute atomic E-state index is 6.03. The van der Waals surface area contributed by atoms with Crippen molar-refractivity contribution in [3.63, 3.8) is 0 Å². The standard InChI is InChI=1S/C19H19N3O2/c1-11-3-4-13(10-17(11)23-2)18-21-19(24-22-18)14-6-5-12-8-16(20)9-15(12)7-14/h3-7,10,16H,8-9,20H2,1-2H3. The first-order chi connectivity index (χ1) is 11.6. The maximum atomic E-state index is 6.03. The summed E-state index contributed by atoms with van der Waals surface area (Å²) in [4.78, 5) is 4.54. The Morgan fingerprint density at radius 3 is 2.71 bits per heavy atom. The van der Waals surface area contributed by atoms with E-state index in [2.05, 4.69) is 22.3 Å². The van der Waals surface area contributed by atoms with Crippen LogP contribution in [0.3, 0.4) is 0 Å². The fourth-order valence-electron chi connectivity index (χ4n) is 3.20. The Kier molecular flexibility index (Phi) is 3.58. The molecular formula is C19H19N3O2. The van der Waals surface area contributed by atoms with Gasteiger partial charge in [0.1, 0.15) is 5.75 Å². The van der Waals surface area contributed by atoms with E-state index in [1.807, 2.05) is 31.2 Å². The van der Waals surface area contributed by atoms with E-state index in [4.69, 9.17) is 15.0 Å². The van der Waals surface area contributed by atoms with E-state index in [1.165, 1.54) is 11.1 Å². The van der Waals surface area contributed by atoms with Gasteiger partial charge in [0.15, 0.2) is 0 Å². The van der Waals surface area contributed by atoms with Crippen molar-refractivity contribution < 1.29 is 9.26 Å². The quantitative estimate of drug-likeness (QED) is 0.802. The third-order valence-corrected chi connectivity index (χ3v) is 4.51. The molecule has 0 radical (unpaired) electrons. The zero-order chi connectivity index (χ0) is 16.7. The molecule has 0 saturated heterocycles. The number of hydrogen-bond donors (Lipinski definition) is 1. The number of nitrogens with zero attached hydrogens (tertiary/aromatic N) is 2. The lowest BCUT2D eigenvalue weighted by Crippen LogP contribution is -2.18. The number of hydrogen-bond acceptors (Lipinski definition) is 5. The number of benzene rings is 2. The van der Waals surface area contributed by atoms with Gasteiger partial charge >= 0.3 is 0 Å². The van der Waals surface area contributed by atoms with E-state index in [9.17, 15) is 0 Å². The van der Waals surface area contributed by atoms with Crippen molar-refractivity contribution in [1.29, 1.82) is 0 Å². The van der Waals surface area contributed by atoms with Crippen molar-refractivity contribution in [2.24, 2.45) is 5.73 Å². The molecule has 1 aliphatic rings. The molecule has 24 heavy (non-hydrogen) atoms. The van der Waals surface area contributed by atoms with Gasteiger partial charge in [-0.1, -0.05) is 23.4 Å². The summed E-state index contributed by atoms with van der Waals surface area (Å²) >= 11 is 0. The first-order valence-electron chi connectivity index (χ1n) is 8.00. The van der Waals surface area contributed by atoms with Crippen LogP contribution in [0.5, 0.6) is 5.75 Å². The Morgan fingerprint density at radius 2 is 1.88 bits per heavy atom. The average Bonchev–Trinajstić information content (AvgIpc) is 3.20. The summed E-state index contributed by atoms with van der Waals surface area (Å²) in [6.45, 7) is 2.00. The lowest BCUT2D eigenvalue weighted by atomic mass is 10.1. The highest BCUT2D eigenvalue weighted by molar-refractivity contribution is 5.63. The second kappa shape index (κ2) is 5.76. The largest absolute Gasteiger partial charge is 0.496 e. The Hall–Kier alpha value is -2.66. The van der Waals surface area contributed by atoms with Gasteiger partial charge in [-0.15, -0.1) is 0 Å². The van der Waals surface area contributed by atoms with Gasteiger partial charge in [-0.3, -0.25) is 0 Å². The molecule has 5 nitrogen and oxygen atoms in total. The second-order valence-corrected chi connectivity index (χ2v) is 6.26. The SMILES string of the molecule is COc1cc(-c2noc(-c3ccc4c(c3)CC(N)C4)n2)ccc1C. The van der Waals surface area contributed by atoms with Crippen LogP contribution in [0.1, 0.15) is 16.7 Å². The molecule has 1 aromatic heterocycles. The number of rotatable bonds is 3. The van der Waals surface area contributed by atoms with E-state index in [0.717, 1.165) is 35.3 Å². The van der Waals surface area contributed by atoms with Crippen molar-refractivity contribution in [3.05, 3.63) is 53.1 Å². The highest BCUT2D eigenvalue weighted by Crippen LogP contribution is 2.29. The molecule has 1 unspecified atom stereocenters. The zero-order valence-corrected chi connectivity index (χ0v) is 13.7. The molecule has 0 saturated carbocycles. The van der Waals surface area contributed by atoms with Crippen molar-refractivity contribution in [2.45, 2.75) is 25.8 Å². The first-order valence-corrected chi connectivity index (χ1v) is 8.00. The molecule has 0 fully saturated rings. The summed E-state index contributed by atoms with van der Waals surface area (Å²) in [5.41, 5.74) is 11.5. The van der Waals surface area contributed by atoms with Crippen molar-refractivity contribution in [1.82, 2.24) is 10.1 Å². The maximum Gasteiger partial charge on any atom is 0.258 e. The van der Waals surface area contributed by atoms with Crippen molar-refractivity contribution >= 4 is 0 Å². The van der Waals surface area contributed by atoms with Gasteiger partial charge in [0.05, 0.1) is 7.11 Å². The van der Waals surface area contributed by atoms with Crippen LogP contribution in [-0.4, -0.2) is 23.3 Å². The van der Waals surface area contributed by atoms with Crippen LogP contribution in [0, 0.1) is 6.92 Å². The zero-order valence-electron chi connectivity index (χ0n) is 13.7. The van der Waals surface area contributed by atoms with E-state index in [0.29, 0.717) is 11.7 Å². The van der Waals surface area contributed by atoms with Gasteiger partial charge in [0.25, 0.3) is 5.89 Å². The number of methoxy groups -OCH3 is 1. The molecule has 0 aliphatic heterocycles. The minimum absolute atomic E-state index is 0.216. The molecule has 1 atom stereocenters. The van der Waals surface area contributed by atoms with E-state index in [1.54, 1.807) is 7.11 Å². The predicted octanol–water partition coefficient (Wildman–Crippen LogP) is 3.15. The topological polar surface area (TPSA) is 74.2 Å². The average molecular weight is 321 g/mol. The fourth-order valence-corrected chi connectivity index (χ4v) is 3.20. The number of ether oxygens (including phenoxy) is 1. The number of aromatic nitrogens is 2. The summed E-state index contributed by atoms with van der Waals surface area (Å²) in [5, 5.41) is 4.11. The highest BCUT2D eigenvalue weighted by atomic mass is 16.5. The smallest absolute Gasteiger partial charge is 0.258 e. The molecule has 0 bridgehead atoms. The van der Waals surface area contributed by atoms with Crippen molar-refractivity contribution in [2.75, 3.05) is 7.11 Å². The van der Waals surface area contributed by atoms with Crippen molar-refractivity contribution in [3.8, 4) is 28.6 Å². The Bertz CT molecular complexity index is 901. The third kappa shape index (κ3) is 2.57. The fraction of sp³-hybridized carbons (Fsp3) is 0.263. The van der Waals surface area contributed by atoms with E-state index in [-0.39, 0.29) is 6.04 Å². The third-order valence-electron chi connectivity index (χ3n) is 4.51. The van der Waals surface area contributed by atoms with Crippen LogP contribution >= 0.6 is 0 Å². The molecule has 4 rings (SSSR count). The van der Waals surface area contributed by atoms with Gasteiger partial charge in [0.2, 0.25) is 5.82 Å². The normalized spacial score (nSPS) is 16.2. The predicted molar refractivity (Wildman–Crippen MR) is 91.8 cm³/mol. The summed E-state index contributed by atoms with van der Waals surface area (Å²) in [6, 6.07) is 12.3. The number of fused-ring (bicyclic) bond motifs is 1. The van der Waals surface area contributed by atoms with Gasteiger partial charge in [0, 0.05) is 17.2 Å². The van der Waals surface area contributed by atoms with Gasteiger partial charge < -0.3 is 15.0 Å². The molecule has 2 N–H and O–H groups in total. The lowest BCUT2D eigenvalue weighted by molar-refractivity contribution is 0.411. The summed E-state index contributed by atoms with van der Waals surface area (Å²) in [7, 11) is 1.66. The van der Waals surface area contributed by atoms with Crippen LogP contribution < -0.4 is 10.5 Å². The van der Waals surface area contributed by atoms with Gasteiger partial charge in [-0.2, -0.15) is 4.98 Å². The first kappa shape index (κ1) is 14.9. The molecule has 0 spiro atoms. The molecule has 1 aliphatic carbocycles. The van der Waals surface area contributed by atoms with Crippen LogP contribution in [0.2, 0.25) is 0 Å². The van der Waals surface area contributed by atoms with Crippen LogP contribution in [0.4, 0.5) is 0 Å². The minimum Gasteiger partial charge on any atom is -0.496 e. The van der Waals surface area contributed by atoms with Crippen LogP contribution in [0.15, 0.2) is 40.9 Å². The van der Waals surface area contributed by atoms with Crippen LogP contribution in [-0.2, 0) is 12.8 Å². The number of aryl methyl sites for hydroxylation is 1. The molecule has 0 amide bonds. The Labute approximate surface area is 140 Å². The highest BCUT2D eigenvalue weighted by Gasteiger charge is 2.20. The molecule has 1 heterocycles.